The molecule has 1 aromatic rings. The van der Waals surface area contributed by atoms with Gasteiger partial charge in [0.15, 0.2) is 0 Å². The minimum atomic E-state index is -0.271. The average Bonchev–Trinajstić information content (AvgIpc) is 2.48. The van der Waals surface area contributed by atoms with Crippen molar-refractivity contribution in [3.63, 3.8) is 0 Å². The van der Waals surface area contributed by atoms with Gasteiger partial charge in [0, 0.05) is 37.1 Å². The molecule has 6 heteroatoms. The number of piperidine rings is 1. The van der Waals surface area contributed by atoms with Crippen LogP contribution in [-0.4, -0.2) is 47.6 Å². The molecule has 0 bridgehead atoms. The highest BCUT2D eigenvalue weighted by atomic mass is 16.6. The minimum Gasteiger partial charge on any atom is -0.450 e. The summed E-state index contributed by atoms with van der Waals surface area (Å²) in [4.78, 5) is 29.5. The first kappa shape index (κ1) is 15.3. The molecule has 0 spiro atoms. The van der Waals surface area contributed by atoms with Gasteiger partial charge in [0.1, 0.15) is 0 Å². The third-order valence-corrected chi connectivity index (χ3v) is 3.62. The molecule has 0 atom stereocenters. The summed E-state index contributed by atoms with van der Waals surface area (Å²) in [6.07, 6.45) is 4.51. The van der Waals surface area contributed by atoms with Crippen LogP contribution < -0.4 is 5.32 Å². The van der Waals surface area contributed by atoms with E-state index in [2.05, 4.69) is 10.3 Å². The van der Waals surface area contributed by atoms with Crippen LogP contribution in [0.4, 0.5) is 4.79 Å². The Labute approximate surface area is 124 Å². The minimum absolute atomic E-state index is 0.0792. The highest BCUT2D eigenvalue weighted by molar-refractivity contribution is 5.95. The van der Waals surface area contributed by atoms with Gasteiger partial charge in [-0.1, -0.05) is 0 Å². The number of amides is 2. The molecule has 2 amide bonds. The van der Waals surface area contributed by atoms with Gasteiger partial charge in [0.05, 0.1) is 6.61 Å². The molecule has 1 aliphatic heterocycles. The number of hydrogen-bond acceptors (Lipinski definition) is 4. The van der Waals surface area contributed by atoms with E-state index >= 15 is 0 Å². The molecule has 1 N–H and O–H groups in total. The van der Waals surface area contributed by atoms with E-state index in [1.807, 2.05) is 6.92 Å². The van der Waals surface area contributed by atoms with Crippen molar-refractivity contribution in [2.75, 3.05) is 19.7 Å². The Morgan fingerprint density at radius 2 is 2.14 bits per heavy atom. The maximum Gasteiger partial charge on any atom is 0.409 e. The van der Waals surface area contributed by atoms with E-state index in [-0.39, 0.29) is 18.0 Å². The number of ether oxygens (including phenoxy) is 1. The summed E-state index contributed by atoms with van der Waals surface area (Å²) in [7, 11) is 0. The van der Waals surface area contributed by atoms with Crippen LogP contribution in [0.5, 0.6) is 0 Å². The highest BCUT2D eigenvalue weighted by Crippen LogP contribution is 2.13. The van der Waals surface area contributed by atoms with Gasteiger partial charge in [-0.2, -0.15) is 0 Å². The molecule has 6 nitrogen and oxygen atoms in total. The number of nitrogens with one attached hydrogen (secondary N) is 1. The van der Waals surface area contributed by atoms with Gasteiger partial charge in [0.25, 0.3) is 5.91 Å². The van der Waals surface area contributed by atoms with E-state index in [1.54, 1.807) is 30.3 Å². The molecule has 1 aromatic heterocycles. The predicted octanol–water partition coefficient (Wildman–Crippen LogP) is 1.74. The van der Waals surface area contributed by atoms with Gasteiger partial charge in [-0.15, -0.1) is 0 Å². The number of hydrogen-bond donors (Lipinski definition) is 1. The zero-order valence-corrected chi connectivity index (χ0v) is 12.5. The van der Waals surface area contributed by atoms with Crippen molar-refractivity contribution >= 4 is 12.0 Å². The lowest BCUT2D eigenvalue weighted by Crippen LogP contribution is -2.46. The predicted molar refractivity (Wildman–Crippen MR) is 78.1 cm³/mol. The molecule has 1 aliphatic rings. The maximum atomic E-state index is 12.2. The fraction of sp³-hybridized carbons (Fsp3) is 0.533. The topological polar surface area (TPSA) is 71.5 Å². The number of likely N-dealkylation sites (tertiary alicyclic amines) is 1. The van der Waals surface area contributed by atoms with Crippen molar-refractivity contribution in [2.24, 2.45) is 0 Å². The van der Waals surface area contributed by atoms with Gasteiger partial charge in [-0.05, 0) is 38.3 Å². The van der Waals surface area contributed by atoms with Crippen LogP contribution in [0.3, 0.4) is 0 Å². The number of rotatable bonds is 3. The van der Waals surface area contributed by atoms with E-state index in [4.69, 9.17) is 4.74 Å². The van der Waals surface area contributed by atoms with Gasteiger partial charge < -0.3 is 15.0 Å². The van der Waals surface area contributed by atoms with Gasteiger partial charge in [-0.3, -0.25) is 9.78 Å². The monoisotopic (exact) mass is 291 g/mol. The maximum absolute atomic E-state index is 12.2. The van der Waals surface area contributed by atoms with Gasteiger partial charge in [0.2, 0.25) is 0 Å². The van der Waals surface area contributed by atoms with E-state index < -0.39 is 0 Å². The highest BCUT2D eigenvalue weighted by Gasteiger charge is 2.25. The molecular weight excluding hydrogens is 270 g/mol. The lowest BCUT2D eigenvalue weighted by Gasteiger charge is -2.31. The molecule has 21 heavy (non-hydrogen) atoms. The normalized spacial score (nSPS) is 15.6. The fourth-order valence-corrected chi connectivity index (χ4v) is 2.41. The first-order valence-corrected chi connectivity index (χ1v) is 7.25. The molecular formula is C15H21N3O3. The Kier molecular flexibility index (Phi) is 5.14. The first-order chi connectivity index (χ1) is 10.1. The lowest BCUT2D eigenvalue weighted by atomic mass is 10.0. The van der Waals surface area contributed by atoms with Crippen LogP contribution in [0.1, 0.15) is 35.7 Å². The smallest absolute Gasteiger partial charge is 0.409 e. The second-order valence-electron chi connectivity index (χ2n) is 5.12. The fourth-order valence-electron chi connectivity index (χ4n) is 2.41. The Morgan fingerprint density at radius 3 is 2.76 bits per heavy atom. The summed E-state index contributed by atoms with van der Waals surface area (Å²) < 4.78 is 4.98. The van der Waals surface area contributed by atoms with Gasteiger partial charge in [-0.25, -0.2) is 4.79 Å². The van der Waals surface area contributed by atoms with Crippen LogP contribution in [0.2, 0.25) is 0 Å². The van der Waals surface area contributed by atoms with E-state index in [9.17, 15) is 9.59 Å². The molecule has 0 aliphatic carbocycles. The first-order valence-electron chi connectivity index (χ1n) is 7.25. The number of pyridine rings is 1. The summed E-state index contributed by atoms with van der Waals surface area (Å²) in [5, 5.41) is 3.02. The largest absolute Gasteiger partial charge is 0.450 e. The molecule has 0 aromatic carbocycles. The van der Waals surface area contributed by atoms with E-state index in [1.165, 1.54) is 0 Å². The number of carbonyl (C=O) groups excluding carboxylic acids is 2. The van der Waals surface area contributed by atoms with E-state index in [0.717, 1.165) is 18.4 Å². The Bertz CT molecular complexity index is 511. The summed E-state index contributed by atoms with van der Waals surface area (Å²) in [5.74, 6) is -0.0792. The molecule has 1 saturated heterocycles. The molecule has 1 fully saturated rings. The molecule has 2 heterocycles. The Balaban J connectivity index is 1.85. The Hall–Kier alpha value is -2.11. The van der Waals surface area contributed by atoms with Crippen molar-refractivity contribution < 1.29 is 14.3 Å². The number of aromatic nitrogens is 1. The van der Waals surface area contributed by atoms with Crippen molar-refractivity contribution in [2.45, 2.75) is 32.7 Å². The number of carbonyl (C=O) groups is 2. The van der Waals surface area contributed by atoms with Crippen LogP contribution in [0, 0.1) is 6.92 Å². The molecule has 0 saturated carbocycles. The number of aryl methyl sites for hydroxylation is 1. The van der Waals surface area contributed by atoms with Crippen molar-refractivity contribution in [1.82, 2.24) is 15.2 Å². The average molecular weight is 291 g/mol. The second kappa shape index (κ2) is 7.06. The Morgan fingerprint density at radius 1 is 1.43 bits per heavy atom. The number of nitrogens with zero attached hydrogens (tertiary/aromatic N) is 2. The summed E-state index contributed by atoms with van der Waals surface area (Å²) in [6, 6.07) is 1.81. The van der Waals surface area contributed by atoms with E-state index in [0.29, 0.717) is 25.3 Å². The quantitative estimate of drug-likeness (QED) is 0.920. The molecule has 114 valence electrons. The molecule has 0 radical (unpaired) electrons. The third kappa shape index (κ3) is 3.93. The zero-order valence-electron chi connectivity index (χ0n) is 12.5. The van der Waals surface area contributed by atoms with Crippen molar-refractivity contribution in [3.05, 3.63) is 29.6 Å². The summed E-state index contributed by atoms with van der Waals surface area (Å²) in [6.45, 7) is 5.27. The van der Waals surface area contributed by atoms with Crippen LogP contribution in [-0.2, 0) is 4.74 Å². The summed E-state index contributed by atoms with van der Waals surface area (Å²) >= 11 is 0. The van der Waals surface area contributed by atoms with Crippen molar-refractivity contribution in [3.8, 4) is 0 Å². The van der Waals surface area contributed by atoms with Crippen LogP contribution in [0.25, 0.3) is 0 Å². The molecule has 0 unspecified atom stereocenters. The standard InChI is InChI=1S/C15H21N3O3/c1-3-21-15(20)18-8-5-12(6-9-18)17-14(19)13-4-7-16-10-11(13)2/h4,7,10,12H,3,5-6,8-9H2,1-2H3,(H,17,19). The SMILES string of the molecule is CCOC(=O)N1CCC(NC(=O)c2ccncc2C)CC1. The van der Waals surface area contributed by atoms with Crippen LogP contribution in [0.15, 0.2) is 18.5 Å². The molecule has 2 rings (SSSR count). The summed E-state index contributed by atoms with van der Waals surface area (Å²) in [5.41, 5.74) is 1.51. The van der Waals surface area contributed by atoms with Crippen molar-refractivity contribution in [1.29, 1.82) is 0 Å². The van der Waals surface area contributed by atoms with Gasteiger partial charge >= 0.3 is 6.09 Å². The van der Waals surface area contributed by atoms with Crippen LogP contribution >= 0.6 is 0 Å². The lowest BCUT2D eigenvalue weighted by molar-refractivity contribution is 0.0859. The zero-order chi connectivity index (χ0) is 15.2. The second-order valence-corrected chi connectivity index (χ2v) is 5.12. The third-order valence-electron chi connectivity index (χ3n) is 3.62.